The predicted molar refractivity (Wildman–Crippen MR) is 96.4 cm³/mol. The number of benzene rings is 3. The first-order valence-corrected chi connectivity index (χ1v) is 8.15. The van der Waals surface area contributed by atoms with Crippen LogP contribution in [0.5, 0.6) is 0 Å². The molecule has 0 amide bonds. The van der Waals surface area contributed by atoms with Crippen molar-refractivity contribution >= 4 is 19.2 Å². The molecule has 0 radical (unpaired) electrons. The first kappa shape index (κ1) is 15.5. The average molecular weight is 292 g/mol. The average Bonchev–Trinajstić information content (AvgIpc) is 2.53. The maximum atomic E-state index is 2.17. The van der Waals surface area contributed by atoms with Crippen molar-refractivity contribution in [2.75, 3.05) is 0 Å². The van der Waals surface area contributed by atoms with E-state index in [1.807, 2.05) is 0 Å². The van der Waals surface area contributed by atoms with E-state index in [1.165, 1.54) is 21.7 Å². The van der Waals surface area contributed by atoms with Crippen LogP contribution in [0.3, 0.4) is 0 Å². The van der Waals surface area contributed by atoms with E-state index in [9.17, 15) is 0 Å². The summed E-state index contributed by atoms with van der Waals surface area (Å²) in [6, 6.07) is 29.5. The van der Waals surface area contributed by atoms with Gasteiger partial charge in [0.2, 0.25) is 0 Å². The SMILES string of the molecule is Cc1ccccc1C.c1ccc(Pc2ccccc2)cc1. The zero-order chi connectivity index (χ0) is 14.9. The quantitative estimate of drug-likeness (QED) is 0.605. The second kappa shape index (κ2) is 8.39. The summed E-state index contributed by atoms with van der Waals surface area (Å²) in [6.45, 7) is 4.24. The predicted octanol–water partition coefficient (Wildman–Crippen LogP) is 4.62. The van der Waals surface area contributed by atoms with Gasteiger partial charge in [-0.2, -0.15) is 0 Å². The van der Waals surface area contributed by atoms with Gasteiger partial charge in [0.15, 0.2) is 0 Å². The van der Waals surface area contributed by atoms with Gasteiger partial charge in [0.05, 0.1) is 0 Å². The third kappa shape index (κ3) is 5.53. The molecule has 0 aliphatic rings. The highest BCUT2D eigenvalue weighted by atomic mass is 31.1. The molecule has 0 saturated heterocycles. The Morgan fingerprint density at radius 2 is 0.810 bits per heavy atom. The van der Waals surface area contributed by atoms with E-state index in [-0.39, 0.29) is 0 Å². The second-order valence-corrected chi connectivity index (χ2v) is 6.35. The molecule has 3 aromatic carbocycles. The van der Waals surface area contributed by atoms with Crippen LogP contribution >= 0.6 is 8.58 Å². The lowest BCUT2D eigenvalue weighted by atomic mass is 10.1. The molecule has 21 heavy (non-hydrogen) atoms. The maximum Gasteiger partial charge on any atom is -0.0226 e. The Balaban J connectivity index is 0.000000173. The summed E-state index contributed by atoms with van der Waals surface area (Å²) in [5.74, 6) is 0. The third-order valence-electron chi connectivity index (χ3n) is 3.26. The van der Waals surface area contributed by atoms with Crippen molar-refractivity contribution in [3.8, 4) is 0 Å². The summed E-state index contributed by atoms with van der Waals surface area (Å²) in [7, 11) is 0.777. The van der Waals surface area contributed by atoms with Crippen LogP contribution in [0.25, 0.3) is 0 Å². The van der Waals surface area contributed by atoms with Crippen LogP contribution in [0.1, 0.15) is 11.1 Å². The molecule has 3 rings (SSSR count). The molecule has 0 aliphatic carbocycles. The standard InChI is InChI=1S/C12H11P.C8H10/c1-3-7-11(8-4-1)13-12-9-5-2-6-10-12;1-7-5-3-4-6-8(7)2/h1-10,13H;3-6H,1-2H3. The summed E-state index contributed by atoms with van der Waals surface area (Å²) < 4.78 is 0. The molecule has 0 unspecified atom stereocenters. The van der Waals surface area contributed by atoms with Gasteiger partial charge >= 0.3 is 0 Å². The van der Waals surface area contributed by atoms with Crippen LogP contribution in [0.2, 0.25) is 0 Å². The van der Waals surface area contributed by atoms with Crippen molar-refractivity contribution in [3.63, 3.8) is 0 Å². The minimum absolute atomic E-state index is 0.777. The molecule has 0 aliphatic heterocycles. The third-order valence-corrected chi connectivity index (χ3v) is 4.51. The minimum atomic E-state index is 0.777. The lowest BCUT2D eigenvalue weighted by Crippen LogP contribution is -2.01. The number of aryl methyl sites for hydroxylation is 2. The lowest BCUT2D eigenvalue weighted by molar-refractivity contribution is 1.34. The van der Waals surface area contributed by atoms with Crippen molar-refractivity contribution < 1.29 is 0 Å². The molecule has 0 N–H and O–H groups in total. The molecule has 0 aromatic heterocycles. The van der Waals surface area contributed by atoms with Gasteiger partial charge in [0.1, 0.15) is 0 Å². The summed E-state index contributed by atoms with van der Waals surface area (Å²) in [6.07, 6.45) is 0. The molecule has 0 saturated carbocycles. The van der Waals surface area contributed by atoms with Gasteiger partial charge in [0, 0.05) is 0 Å². The molecule has 3 aromatic rings. The number of hydrogen-bond acceptors (Lipinski definition) is 0. The van der Waals surface area contributed by atoms with Gasteiger partial charge in [-0.25, -0.2) is 0 Å². The van der Waals surface area contributed by atoms with Gasteiger partial charge in [-0.1, -0.05) is 93.5 Å². The Kier molecular flexibility index (Phi) is 6.19. The Morgan fingerprint density at radius 3 is 1.14 bits per heavy atom. The second-order valence-electron chi connectivity index (χ2n) is 4.94. The Morgan fingerprint density at radius 1 is 0.476 bits per heavy atom. The van der Waals surface area contributed by atoms with E-state index in [1.54, 1.807) is 0 Å². The topological polar surface area (TPSA) is 0 Å². The molecule has 0 atom stereocenters. The minimum Gasteiger partial charge on any atom is -0.0622 e. The molecule has 1 heteroatoms. The van der Waals surface area contributed by atoms with Crippen LogP contribution < -0.4 is 10.6 Å². The van der Waals surface area contributed by atoms with Gasteiger partial charge in [0.25, 0.3) is 0 Å². The van der Waals surface area contributed by atoms with Crippen molar-refractivity contribution in [2.45, 2.75) is 13.8 Å². The van der Waals surface area contributed by atoms with Gasteiger partial charge in [-0.05, 0) is 35.6 Å². The van der Waals surface area contributed by atoms with Crippen LogP contribution in [-0.4, -0.2) is 0 Å². The van der Waals surface area contributed by atoms with Crippen LogP contribution in [-0.2, 0) is 0 Å². The van der Waals surface area contributed by atoms with E-state index in [2.05, 4.69) is 98.8 Å². The fraction of sp³-hybridized carbons (Fsp3) is 0.100. The Bertz CT molecular complexity index is 586. The first-order chi connectivity index (χ1) is 10.3. The Labute approximate surface area is 129 Å². The molecule has 0 spiro atoms. The van der Waals surface area contributed by atoms with Crippen molar-refractivity contribution in [3.05, 3.63) is 96.1 Å². The van der Waals surface area contributed by atoms with Gasteiger partial charge in [-0.3, -0.25) is 0 Å². The fourth-order valence-electron chi connectivity index (χ4n) is 1.87. The van der Waals surface area contributed by atoms with Gasteiger partial charge < -0.3 is 0 Å². The van der Waals surface area contributed by atoms with E-state index in [4.69, 9.17) is 0 Å². The molecule has 0 heterocycles. The highest BCUT2D eigenvalue weighted by Gasteiger charge is 1.92. The lowest BCUT2D eigenvalue weighted by Gasteiger charge is -2.00. The van der Waals surface area contributed by atoms with Gasteiger partial charge in [-0.15, -0.1) is 0 Å². The summed E-state index contributed by atoms with van der Waals surface area (Å²) in [4.78, 5) is 0. The molecule has 0 nitrogen and oxygen atoms in total. The highest BCUT2D eigenvalue weighted by Crippen LogP contribution is 2.08. The van der Waals surface area contributed by atoms with Crippen LogP contribution in [0, 0.1) is 13.8 Å². The molecular formula is C20H21P. The fourth-order valence-corrected chi connectivity index (χ4v) is 2.92. The summed E-state index contributed by atoms with van der Waals surface area (Å²) in [5.41, 5.74) is 2.74. The normalized spacial score (nSPS) is 9.62. The summed E-state index contributed by atoms with van der Waals surface area (Å²) >= 11 is 0. The zero-order valence-electron chi connectivity index (χ0n) is 12.6. The Hall–Kier alpha value is -1.91. The van der Waals surface area contributed by atoms with E-state index >= 15 is 0 Å². The van der Waals surface area contributed by atoms with Crippen LogP contribution in [0.4, 0.5) is 0 Å². The van der Waals surface area contributed by atoms with E-state index in [0.29, 0.717) is 0 Å². The zero-order valence-corrected chi connectivity index (χ0v) is 13.6. The van der Waals surface area contributed by atoms with Crippen molar-refractivity contribution in [1.29, 1.82) is 0 Å². The summed E-state index contributed by atoms with van der Waals surface area (Å²) in [5, 5.41) is 2.79. The highest BCUT2D eigenvalue weighted by molar-refractivity contribution is 7.55. The monoisotopic (exact) mass is 292 g/mol. The first-order valence-electron chi connectivity index (χ1n) is 7.15. The van der Waals surface area contributed by atoms with Crippen molar-refractivity contribution in [2.24, 2.45) is 0 Å². The van der Waals surface area contributed by atoms with E-state index in [0.717, 1.165) is 8.58 Å². The van der Waals surface area contributed by atoms with E-state index < -0.39 is 0 Å². The molecule has 0 bridgehead atoms. The largest absolute Gasteiger partial charge is 0.0622 e. The molecule has 0 fully saturated rings. The number of rotatable bonds is 2. The smallest absolute Gasteiger partial charge is 0.0226 e. The maximum absolute atomic E-state index is 2.17. The molecular weight excluding hydrogens is 271 g/mol. The van der Waals surface area contributed by atoms with Crippen LogP contribution in [0.15, 0.2) is 84.9 Å². The molecule has 106 valence electrons. The van der Waals surface area contributed by atoms with Crippen molar-refractivity contribution in [1.82, 2.24) is 0 Å². The number of hydrogen-bond donors (Lipinski definition) is 0.